The van der Waals surface area contributed by atoms with Gasteiger partial charge >= 0.3 is 6.61 Å². The summed E-state index contributed by atoms with van der Waals surface area (Å²) in [6, 6.07) is 7.39. The number of nitrogens with one attached hydrogen (secondary N) is 1. The zero-order valence-electron chi connectivity index (χ0n) is 18.8. The van der Waals surface area contributed by atoms with Crippen molar-refractivity contribution in [2.75, 3.05) is 6.61 Å². The maximum absolute atomic E-state index is 12.8. The minimum Gasteiger partial charge on any atom is -0.489 e. The number of halogens is 4. The van der Waals surface area contributed by atoms with Gasteiger partial charge in [-0.1, -0.05) is 6.07 Å². The Bertz CT molecular complexity index is 1110. The second-order valence-corrected chi connectivity index (χ2v) is 7.86. The van der Waals surface area contributed by atoms with Crippen LogP contribution < -0.4 is 20.5 Å². The summed E-state index contributed by atoms with van der Waals surface area (Å²) in [5.41, 5.74) is 7.31. The molecule has 1 saturated carbocycles. The topological polar surface area (TPSA) is 113 Å². The number of aromatic nitrogens is 2. The molecule has 0 unspecified atom stereocenters. The molecule has 35 heavy (non-hydrogen) atoms. The molecule has 1 aliphatic carbocycles. The van der Waals surface area contributed by atoms with E-state index in [9.17, 15) is 13.6 Å². The van der Waals surface area contributed by atoms with Crippen LogP contribution in [0.4, 0.5) is 8.78 Å². The summed E-state index contributed by atoms with van der Waals surface area (Å²) < 4.78 is 41.7. The summed E-state index contributed by atoms with van der Waals surface area (Å²) in [6.07, 6.45) is 5.37. The molecule has 2 aromatic heterocycles. The van der Waals surface area contributed by atoms with Gasteiger partial charge in [0.15, 0.2) is 23.0 Å². The van der Waals surface area contributed by atoms with Gasteiger partial charge in [-0.2, -0.15) is 8.78 Å². The summed E-state index contributed by atoms with van der Waals surface area (Å²) in [5, 5.41) is 2.77. The molecule has 190 valence electrons. The van der Waals surface area contributed by atoms with Crippen LogP contribution in [0.15, 0.2) is 47.1 Å². The lowest BCUT2D eigenvalue weighted by molar-refractivity contribution is -0.0515. The third-order valence-electron chi connectivity index (χ3n) is 5.04. The summed E-state index contributed by atoms with van der Waals surface area (Å²) in [5.74, 6) is 0.361. The molecule has 2 heterocycles. The van der Waals surface area contributed by atoms with E-state index in [0.29, 0.717) is 18.1 Å². The molecule has 4 rings (SSSR count). The van der Waals surface area contributed by atoms with Gasteiger partial charge in [0.2, 0.25) is 5.89 Å². The lowest BCUT2D eigenvalue weighted by Crippen LogP contribution is -2.25. The highest BCUT2D eigenvalue weighted by Gasteiger charge is 2.26. The Morgan fingerprint density at radius 3 is 2.66 bits per heavy atom. The molecular formula is C23H26Cl2F2N4O4. The van der Waals surface area contributed by atoms with Gasteiger partial charge in [0.25, 0.3) is 5.91 Å². The van der Waals surface area contributed by atoms with Crippen LogP contribution in [0.25, 0.3) is 11.5 Å². The fourth-order valence-electron chi connectivity index (χ4n) is 3.13. The zero-order valence-corrected chi connectivity index (χ0v) is 20.4. The number of carbonyl (C=O) groups is 1. The molecule has 0 spiro atoms. The first-order valence-electron chi connectivity index (χ1n) is 10.6. The highest BCUT2D eigenvalue weighted by Crippen LogP contribution is 2.37. The Morgan fingerprint density at radius 1 is 1.26 bits per heavy atom. The van der Waals surface area contributed by atoms with E-state index >= 15 is 0 Å². The van der Waals surface area contributed by atoms with Gasteiger partial charge in [-0.25, -0.2) is 4.98 Å². The molecule has 1 fully saturated rings. The molecule has 0 aliphatic heterocycles. The molecule has 1 atom stereocenters. The quantitative estimate of drug-likeness (QED) is 0.382. The van der Waals surface area contributed by atoms with Crippen LogP contribution in [-0.2, 0) is 6.54 Å². The predicted molar refractivity (Wildman–Crippen MR) is 129 cm³/mol. The standard InChI is InChI=1S/C23H24F2N4O4.2ClH/c1-13(26)20-19(21(30)28-11-15-3-2-8-27-10-15)29-22(33-20)16-6-7-17(32-23(24)25)18(9-16)31-12-14-4-5-14;;/h2-3,6-10,13-14,23H,4-5,11-12,26H2,1H3,(H,28,30);2*1H/t13-;;/m0../s1. The van der Waals surface area contributed by atoms with Crippen LogP contribution >= 0.6 is 24.8 Å². The van der Waals surface area contributed by atoms with Gasteiger partial charge in [-0.3, -0.25) is 9.78 Å². The van der Waals surface area contributed by atoms with E-state index in [1.807, 2.05) is 6.07 Å². The van der Waals surface area contributed by atoms with Crippen molar-refractivity contribution in [3.05, 3.63) is 59.7 Å². The molecule has 0 radical (unpaired) electrons. The first kappa shape index (κ1) is 28.3. The first-order valence-corrected chi connectivity index (χ1v) is 10.6. The predicted octanol–water partition coefficient (Wildman–Crippen LogP) is 4.92. The minimum absolute atomic E-state index is 0. The van der Waals surface area contributed by atoms with E-state index in [-0.39, 0.29) is 60.2 Å². The molecular weight excluding hydrogens is 505 g/mol. The summed E-state index contributed by atoms with van der Waals surface area (Å²) in [6.45, 7) is -0.652. The maximum atomic E-state index is 12.8. The summed E-state index contributed by atoms with van der Waals surface area (Å²) in [4.78, 5) is 21.1. The number of hydrogen-bond acceptors (Lipinski definition) is 7. The van der Waals surface area contributed by atoms with Crippen LogP contribution in [0.1, 0.15) is 47.6 Å². The molecule has 1 aromatic carbocycles. The number of pyridine rings is 1. The van der Waals surface area contributed by atoms with E-state index in [4.69, 9.17) is 14.9 Å². The smallest absolute Gasteiger partial charge is 0.387 e. The number of ether oxygens (including phenoxy) is 2. The SMILES string of the molecule is C[C@H](N)c1oc(-c2ccc(OC(F)F)c(OCC3CC3)c2)nc1C(=O)NCc1cccnc1.Cl.Cl. The fourth-order valence-corrected chi connectivity index (χ4v) is 3.13. The van der Waals surface area contributed by atoms with Crippen molar-refractivity contribution in [2.24, 2.45) is 11.7 Å². The van der Waals surface area contributed by atoms with Crippen LogP contribution in [0.3, 0.4) is 0 Å². The normalized spacial score (nSPS) is 13.4. The Balaban J connectivity index is 0.00000216. The van der Waals surface area contributed by atoms with Gasteiger partial charge in [-0.05, 0) is 55.5 Å². The van der Waals surface area contributed by atoms with Gasteiger partial charge in [0, 0.05) is 24.5 Å². The molecule has 1 amide bonds. The van der Waals surface area contributed by atoms with E-state index in [0.717, 1.165) is 18.4 Å². The number of hydrogen-bond donors (Lipinski definition) is 2. The van der Waals surface area contributed by atoms with Gasteiger partial charge in [0.05, 0.1) is 12.6 Å². The monoisotopic (exact) mass is 530 g/mol. The molecule has 0 bridgehead atoms. The van der Waals surface area contributed by atoms with Gasteiger partial charge in [0.1, 0.15) is 0 Å². The van der Waals surface area contributed by atoms with Crippen molar-refractivity contribution in [3.8, 4) is 23.0 Å². The summed E-state index contributed by atoms with van der Waals surface area (Å²) >= 11 is 0. The third kappa shape index (κ3) is 7.51. The molecule has 3 aromatic rings. The average Bonchev–Trinajstić information content (AvgIpc) is 3.52. The number of carbonyl (C=O) groups excluding carboxylic acids is 1. The van der Waals surface area contributed by atoms with Crippen LogP contribution in [0, 0.1) is 5.92 Å². The highest BCUT2D eigenvalue weighted by atomic mass is 35.5. The Hall–Kier alpha value is -2.95. The Kier molecular flexibility index (Phi) is 10.2. The van der Waals surface area contributed by atoms with Gasteiger partial charge < -0.3 is 24.9 Å². The Morgan fingerprint density at radius 2 is 2.03 bits per heavy atom. The summed E-state index contributed by atoms with van der Waals surface area (Å²) in [7, 11) is 0. The number of rotatable bonds is 10. The number of benzene rings is 1. The zero-order chi connectivity index (χ0) is 23.4. The van der Waals surface area contributed by atoms with E-state index in [1.54, 1.807) is 25.4 Å². The molecule has 3 N–H and O–H groups in total. The third-order valence-corrected chi connectivity index (χ3v) is 5.04. The number of nitrogens with zero attached hydrogens (tertiary/aromatic N) is 2. The van der Waals surface area contributed by atoms with Crippen molar-refractivity contribution in [1.82, 2.24) is 15.3 Å². The lowest BCUT2D eigenvalue weighted by atomic mass is 10.2. The van der Waals surface area contributed by atoms with Gasteiger partial charge in [-0.15, -0.1) is 24.8 Å². The van der Waals surface area contributed by atoms with Crippen LogP contribution in [0.2, 0.25) is 0 Å². The number of amides is 1. The van der Waals surface area contributed by atoms with E-state index in [1.165, 1.54) is 18.2 Å². The lowest BCUT2D eigenvalue weighted by Gasteiger charge is -2.12. The van der Waals surface area contributed by atoms with E-state index in [2.05, 4.69) is 20.0 Å². The number of oxazole rings is 1. The fraction of sp³-hybridized carbons (Fsp3) is 0.348. The minimum atomic E-state index is -2.99. The largest absolute Gasteiger partial charge is 0.489 e. The second kappa shape index (κ2) is 12.7. The van der Waals surface area contributed by atoms with Crippen molar-refractivity contribution in [3.63, 3.8) is 0 Å². The molecule has 0 saturated heterocycles. The van der Waals surface area contributed by atoms with Crippen molar-refractivity contribution in [2.45, 2.75) is 39.0 Å². The van der Waals surface area contributed by atoms with Crippen LogP contribution in [-0.4, -0.2) is 29.1 Å². The highest BCUT2D eigenvalue weighted by molar-refractivity contribution is 5.94. The number of alkyl halides is 2. The second-order valence-electron chi connectivity index (χ2n) is 7.86. The molecule has 8 nitrogen and oxygen atoms in total. The maximum Gasteiger partial charge on any atom is 0.387 e. The van der Waals surface area contributed by atoms with Crippen LogP contribution in [0.5, 0.6) is 11.5 Å². The number of nitrogens with two attached hydrogens (primary N) is 1. The van der Waals surface area contributed by atoms with Crippen molar-refractivity contribution < 1.29 is 27.5 Å². The molecule has 12 heteroatoms. The average molecular weight is 531 g/mol. The molecule has 1 aliphatic rings. The van der Waals surface area contributed by atoms with E-state index < -0.39 is 18.6 Å². The first-order chi connectivity index (χ1) is 15.9. The Labute approximate surface area is 213 Å². The van der Waals surface area contributed by atoms with Crippen molar-refractivity contribution in [1.29, 1.82) is 0 Å². The van der Waals surface area contributed by atoms with Crippen molar-refractivity contribution >= 4 is 30.7 Å².